The number of benzene rings is 2. The van der Waals surface area contributed by atoms with Gasteiger partial charge < -0.3 is 14.1 Å². The van der Waals surface area contributed by atoms with Crippen LogP contribution < -0.4 is 5.43 Å². The maximum atomic E-state index is 13.8. The topological polar surface area (TPSA) is 59.8 Å². The number of hydrogen-bond donors (Lipinski definition) is 0. The molecule has 1 saturated heterocycles. The van der Waals surface area contributed by atoms with Crippen LogP contribution in [0.1, 0.15) is 46.1 Å². The van der Waals surface area contributed by atoms with Gasteiger partial charge in [-0.25, -0.2) is 4.39 Å². The molecule has 1 fully saturated rings. The lowest BCUT2D eigenvalue weighted by atomic mass is 9.97. The summed E-state index contributed by atoms with van der Waals surface area (Å²) in [5, 5.41) is 0.146. The Morgan fingerprint density at radius 2 is 1.93 bits per heavy atom. The highest BCUT2D eigenvalue weighted by Gasteiger charge is 2.43. The van der Waals surface area contributed by atoms with Crippen molar-refractivity contribution in [2.45, 2.75) is 31.9 Å². The van der Waals surface area contributed by atoms with E-state index in [1.165, 1.54) is 18.2 Å². The van der Waals surface area contributed by atoms with Crippen molar-refractivity contribution >= 4 is 16.9 Å². The lowest BCUT2D eigenvalue weighted by Crippen LogP contribution is -2.36. The summed E-state index contributed by atoms with van der Waals surface area (Å²) in [6.45, 7) is 3.03. The maximum Gasteiger partial charge on any atom is 0.291 e. The molecular formula is C23H20FNO4. The van der Waals surface area contributed by atoms with Crippen molar-refractivity contribution in [3.63, 3.8) is 0 Å². The van der Waals surface area contributed by atoms with Gasteiger partial charge in [0.05, 0.1) is 23.1 Å². The highest BCUT2D eigenvalue weighted by atomic mass is 19.1. The Morgan fingerprint density at radius 1 is 1.14 bits per heavy atom. The van der Waals surface area contributed by atoms with E-state index in [-0.39, 0.29) is 39.7 Å². The molecule has 0 radical (unpaired) electrons. The van der Waals surface area contributed by atoms with Crippen LogP contribution in [0.15, 0.2) is 51.7 Å². The third-order valence-corrected chi connectivity index (χ3v) is 5.75. The summed E-state index contributed by atoms with van der Waals surface area (Å²) < 4.78 is 25.3. The van der Waals surface area contributed by atoms with Gasteiger partial charge in [0, 0.05) is 13.2 Å². The Kier molecular flexibility index (Phi) is 4.24. The summed E-state index contributed by atoms with van der Waals surface area (Å²) in [6, 6.07) is 10.9. The zero-order chi connectivity index (χ0) is 20.1. The van der Waals surface area contributed by atoms with Crippen molar-refractivity contribution < 1.29 is 18.3 Å². The number of aryl methyl sites for hydroxylation is 1. The first kappa shape index (κ1) is 18.1. The van der Waals surface area contributed by atoms with E-state index in [2.05, 4.69) is 0 Å². The molecule has 2 aliphatic rings. The zero-order valence-corrected chi connectivity index (χ0v) is 16.0. The number of nitrogens with zero attached hydrogens (tertiary/aromatic N) is 1. The van der Waals surface area contributed by atoms with Crippen molar-refractivity contribution in [2.75, 3.05) is 13.2 Å². The minimum Gasteiger partial charge on any atom is -0.450 e. The van der Waals surface area contributed by atoms with Crippen LogP contribution in [-0.2, 0) is 4.74 Å². The minimum absolute atomic E-state index is 0.0395. The summed E-state index contributed by atoms with van der Waals surface area (Å²) in [5.74, 6) is -0.806. The first-order valence-corrected chi connectivity index (χ1v) is 9.78. The van der Waals surface area contributed by atoms with Crippen LogP contribution in [0.3, 0.4) is 0 Å². The van der Waals surface area contributed by atoms with Gasteiger partial charge in [0.25, 0.3) is 5.91 Å². The molecule has 3 heterocycles. The van der Waals surface area contributed by atoms with Gasteiger partial charge in [-0.3, -0.25) is 9.59 Å². The third-order valence-electron chi connectivity index (χ3n) is 5.75. The fourth-order valence-electron chi connectivity index (χ4n) is 4.28. The lowest BCUT2D eigenvalue weighted by Gasteiger charge is -2.27. The monoisotopic (exact) mass is 393 g/mol. The maximum absolute atomic E-state index is 13.8. The molecule has 2 unspecified atom stereocenters. The van der Waals surface area contributed by atoms with Gasteiger partial charge in [0.1, 0.15) is 11.4 Å². The Labute approximate surface area is 166 Å². The zero-order valence-electron chi connectivity index (χ0n) is 16.0. The van der Waals surface area contributed by atoms with Gasteiger partial charge in [-0.05, 0) is 43.5 Å². The van der Waals surface area contributed by atoms with E-state index in [9.17, 15) is 14.0 Å². The van der Waals surface area contributed by atoms with Gasteiger partial charge in [-0.2, -0.15) is 0 Å². The van der Waals surface area contributed by atoms with Crippen LogP contribution in [0, 0.1) is 12.7 Å². The van der Waals surface area contributed by atoms with E-state index in [0.717, 1.165) is 24.0 Å². The molecule has 2 aromatic carbocycles. The van der Waals surface area contributed by atoms with Crippen molar-refractivity contribution in [1.29, 1.82) is 0 Å². The number of amides is 1. The molecule has 2 atom stereocenters. The van der Waals surface area contributed by atoms with E-state index in [1.54, 1.807) is 4.90 Å². The molecule has 0 bridgehead atoms. The van der Waals surface area contributed by atoms with Crippen LogP contribution >= 0.6 is 0 Å². The molecule has 5 nitrogen and oxygen atoms in total. The van der Waals surface area contributed by atoms with Gasteiger partial charge >= 0.3 is 0 Å². The summed E-state index contributed by atoms with van der Waals surface area (Å²) in [7, 11) is 0. The summed E-state index contributed by atoms with van der Waals surface area (Å²) in [4.78, 5) is 28.2. The molecule has 1 amide bonds. The largest absolute Gasteiger partial charge is 0.450 e. The smallest absolute Gasteiger partial charge is 0.291 e. The molecule has 0 saturated carbocycles. The molecule has 2 aliphatic heterocycles. The van der Waals surface area contributed by atoms with Gasteiger partial charge in [-0.15, -0.1) is 0 Å². The van der Waals surface area contributed by atoms with Crippen molar-refractivity contribution in [3.05, 3.63) is 81.0 Å². The molecule has 3 aromatic rings. The second-order valence-electron chi connectivity index (χ2n) is 7.72. The number of carbonyl (C=O) groups is 1. The number of hydrogen-bond acceptors (Lipinski definition) is 4. The lowest BCUT2D eigenvalue weighted by molar-refractivity contribution is 0.0486. The highest BCUT2D eigenvalue weighted by Crippen LogP contribution is 2.39. The molecule has 148 valence electrons. The van der Waals surface area contributed by atoms with Crippen LogP contribution in [0.25, 0.3) is 11.0 Å². The molecule has 0 spiro atoms. The predicted octanol–water partition coefficient (Wildman–Crippen LogP) is 3.96. The van der Waals surface area contributed by atoms with Crippen LogP contribution in [-0.4, -0.2) is 30.1 Å². The van der Waals surface area contributed by atoms with Crippen LogP contribution in [0.2, 0.25) is 0 Å². The standard InChI is InChI=1S/C23H20FNO4/c1-13-4-6-14(7-5-13)20-19-21(26)17-11-15(24)8-9-18(17)29-22(19)23(27)25(20)12-16-3-2-10-28-16/h4-9,11,16,20H,2-3,10,12H2,1H3. The first-order valence-electron chi connectivity index (χ1n) is 9.78. The highest BCUT2D eigenvalue weighted by molar-refractivity contribution is 5.99. The molecule has 0 N–H and O–H groups in total. The molecule has 29 heavy (non-hydrogen) atoms. The summed E-state index contributed by atoms with van der Waals surface area (Å²) in [6.07, 6.45) is 1.76. The minimum atomic E-state index is -0.578. The molecule has 6 heteroatoms. The van der Waals surface area contributed by atoms with Crippen molar-refractivity contribution in [2.24, 2.45) is 0 Å². The molecule has 5 rings (SSSR count). The summed E-state index contributed by atoms with van der Waals surface area (Å²) >= 11 is 0. The van der Waals surface area contributed by atoms with E-state index in [1.807, 2.05) is 31.2 Å². The predicted molar refractivity (Wildman–Crippen MR) is 105 cm³/mol. The molecule has 1 aromatic heterocycles. The average Bonchev–Trinajstić information content (AvgIpc) is 3.32. The Hall–Kier alpha value is -2.99. The second kappa shape index (κ2) is 6.81. The van der Waals surface area contributed by atoms with E-state index in [4.69, 9.17) is 9.15 Å². The normalized spacial score (nSPS) is 21.2. The Bertz CT molecular complexity index is 1160. The van der Waals surface area contributed by atoms with Crippen LogP contribution in [0.4, 0.5) is 4.39 Å². The number of rotatable bonds is 3. The number of carbonyl (C=O) groups excluding carboxylic acids is 1. The SMILES string of the molecule is Cc1ccc(C2c3c(oc4ccc(F)cc4c3=O)C(=O)N2CC2CCCO2)cc1. The number of fused-ring (bicyclic) bond motifs is 2. The number of ether oxygens (including phenoxy) is 1. The van der Waals surface area contributed by atoms with Crippen molar-refractivity contribution in [1.82, 2.24) is 4.90 Å². The number of halogens is 1. The first-order chi connectivity index (χ1) is 14.0. The van der Waals surface area contributed by atoms with Crippen molar-refractivity contribution in [3.8, 4) is 0 Å². The quantitative estimate of drug-likeness (QED) is 0.676. The summed E-state index contributed by atoms with van der Waals surface area (Å²) in [5.41, 5.74) is 2.02. The fourth-order valence-corrected chi connectivity index (χ4v) is 4.28. The molecule has 0 aliphatic carbocycles. The van der Waals surface area contributed by atoms with E-state index in [0.29, 0.717) is 13.2 Å². The van der Waals surface area contributed by atoms with Crippen LogP contribution in [0.5, 0.6) is 0 Å². The van der Waals surface area contributed by atoms with E-state index < -0.39 is 11.9 Å². The van der Waals surface area contributed by atoms with Gasteiger partial charge in [-0.1, -0.05) is 29.8 Å². The Morgan fingerprint density at radius 3 is 2.66 bits per heavy atom. The third kappa shape index (κ3) is 2.95. The van der Waals surface area contributed by atoms with E-state index >= 15 is 0 Å². The average molecular weight is 393 g/mol. The molecular weight excluding hydrogens is 373 g/mol. The van der Waals surface area contributed by atoms with Gasteiger partial charge in [0.15, 0.2) is 5.43 Å². The second-order valence-corrected chi connectivity index (χ2v) is 7.72. The fraction of sp³-hybridized carbons (Fsp3) is 0.304. The van der Waals surface area contributed by atoms with Gasteiger partial charge in [0.2, 0.25) is 5.76 Å². The Balaban J connectivity index is 1.71.